The summed E-state index contributed by atoms with van der Waals surface area (Å²) >= 11 is 0. The highest BCUT2D eigenvalue weighted by molar-refractivity contribution is 4.71. The lowest BCUT2D eigenvalue weighted by atomic mass is 10.3. The van der Waals surface area contributed by atoms with Crippen molar-refractivity contribution in [3.8, 4) is 0 Å². The Labute approximate surface area is 109 Å². The second-order valence-corrected chi connectivity index (χ2v) is 4.35. The third kappa shape index (κ3) is 6.03. The molecule has 1 saturated heterocycles. The number of hydrogen-bond acceptors (Lipinski definition) is 4. The zero-order valence-corrected chi connectivity index (χ0v) is 10.8. The van der Waals surface area contributed by atoms with Gasteiger partial charge in [-0.2, -0.15) is 8.78 Å². The van der Waals surface area contributed by atoms with Crippen molar-refractivity contribution in [1.29, 1.82) is 0 Å². The summed E-state index contributed by atoms with van der Waals surface area (Å²) in [5, 5.41) is 0. The summed E-state index contributed by atoms with van der Waals surface area (Å²) in [6.45, 7) is 1.74. The summed E-state index contributed by atoms with van der Waals surface area (Å²) in [6.07, 6.45) is -4.14. The SMILES string of the molecule is COC(COCC(F)(F)C(F)F)CN1CCOCC1. The molecule has 0 spiro atoms. The lowest BCUT2D eigenvalue weighted by molar-refractivity contribution is -0.172. The van der Waals surface area contributed by atoms with Crippen molar-refractivity contribution in [3.63, 3.8) is 0 Å². The maximum atomic E-state index is 12.6. The number of alkyl halides is 4. The number of methoxy groups -OCH3 is 1. The molecular formula is C11H19F4NO3. The molecule has 0 aromatic heterocycles. The summed E-state index contributed by atoms with van der Waals surface area (Å²) < 4.78 is 64.0. The van der Waals surface area contributed by atoms with Crippen molar-refractivity contribution in [3.05, 3.63) is 0 Å². The van der Waals surface area contributed by atoms with Gasteiger partial charge in [0.15, 0.2) is 0 Å². The Kier molecular flexibility index (Phi) is 6.98. The van der Waals surface area contributed by atoms with Gasteiger partial charge in [-0.3, -0.25) is 4.90 Å². The summed E-state index contributed by atoms with van der Waals surface area (Å²) in [5.74, 6) is -4.11. The van der Waals surface area contributed by atoms with E-state index in [2.05, 4.69) is 4.74 Å². The molecule has 1 rings (SSSR count). The van der Waals surface area contributed by atoms with Crippen LogP contribution in [0.5, 0.6) is 0 Å². The topological polar surface area (TPSA) is 30.9 Å². The Bertz CT molecular complexity index is 250. The van der Waals surface area contributed by atoms with Gasteiger partial charge in [0.2, 0.25) is 0 Å². The van der Waals surface area contributed by atoms with Crippen LogP contribution >= 0.6 is 0 Å². The molecular weight excluding hydrogens is 270 g/mol. The van der Waals surface area contributed by atoms with Gasteiger partial charge in [-0.25, -0.2) is 8.78 Å². The zero-order valence-electron chi connectivity index (χ0n) is 10.8. The molecule has 1 unspecified atom stereocenters. The quantitative estimate of drug-likeness (QED) is 0.629. The average Bonchev–Trinajstić information content (AvgIpc) is 2.38. The van der Waals surface area contributed by atoms with Gasteiger partial charge in [0.25, 0.3) is 0 Å². The average molecular weight is 289 g/mol. The minimum absolute atomic E-state index is 0.143. The van der Waals surface area contributed by atoms with E-state index in [9.17, 15) is 17.6 Å². The van der Waals surface area contributed by atoms with E-state index in [1.54, 1.807) is 0 Å². The molecule has 4 nitrogen and oxygen atoms in total. The highest BCUT2D eigenvalue weighted by Gasteiger charge is 2.41. The summed E-state index contributed by atoms with van der Waals surface area (Å²) in [5.41, 5.74) is 0. The van der Waals surface area contributed by atoms with E-state index in [4.69, 9.17) is 9.47 Å². The Morgan fingerprint density at radius 1 is 1.26 bits per heavy atom. The summed E-state index contributed by atoms with van der Waals surface area (Å²) in [4.78, 5) is 2.05. The molecule has 0 aromatic rings. The van der Waals surface area contributed by atoms with Crippen molar-refractivity contribution >= 4 is 0 Å². The second-order valence-electron chi connectivity index (χ2n) is 4.35. The fourth-order valence-corrected chi connectivity index (χ4v) is 1.66. The predicted octanol–water partition coefficient (Wildman–Crippen LogP) is 1.25. The Balaban J connectivity index is 2.24. The van der Waals surface area contributed by atoms with Gasteiger partial charge in [-0.05, 0) is 0 Å². The number of morpholine rings is 1. The van der Waals surface area contributed by atoms with Crippen LogP contribution in [0.15, 0.2) is 0 Å². The molecule has 1 fully saturated rings. The van der Waals surface area contributed by atoms with Crippen LogP contribution in [0.1, 0.15) is 0 Å². The molecule has 114 valence electrons. The fourth-order valence-electron chi connectivity index (χ4n) is 1.66. The van der Waals surface area contributed by atoms with Crippen molar-refractivity contribution < 1.29 is 31.8 Å². The van der Waals surface area contributed by atoms with Gasteiger partial charge in [0, 0.05) is 26.7 Å². The molecule has 0 N–H and O–H groups in total. The molecule has 1 atom stereocenters. The smallest absolute Gasteiger partial charge is 0.330 e. The van der Waals surface area contributed by atoms with Crippen LogP contribution in [0.4, 0.5) is 17.6 Å². The number of ether oxygens (including phenoxy) is 3. The van der Waals surface area contributed by atoms with E-state index in [1.807, 2.05) is 4.90 Å². The van der Waals surface area contributed by atoms with Gasteiger partial charge < -0.3 is 14.2 Å². The van der Waals surface area contributed by atoms with Crippen molar-refractivity contribution in [2.45, 2.75) is 18.5 Å². The minimum atomic E-state index is -4.11. The number of rotatable bonds is 8. The van der Waals surface area contributed by atoms with Crippen LogP contribution in [-0.2, 0) is 14.2 Å². The first-order chi connectivity index (χ1) is 8.95. The molecule has 8 heteroatoms. The largest absolute Gasteiger partial charge is 0.379 e. The van der Waals surface area contributed by atoms with Crippen LogP contribution in [0.3, 0.4) is 0 Å². The number of halogens is 4. The molecule has 1 heterocycles. The summed E-state index contributed by atoms with van der Waals surface area (Å²) in [7, 11) is 1.43. The lowest BCUT2D eigenvalue weighted by Crippen LogP contribution is -2.43. The molecule has 0 saturated carbocycles. The number of hydrogen-bond donors (Lipinski definition) is 0. The predicted molar refractivity (Wildman–Crippen MR) is 59.8 cm³/mol. The standard InChI is InChI=1S/C11H19F4NO3/c1-17-9(6-16-2-4-18-5-3-16)7-19-8-11(14,15)10(12)13/h9-10H,2-8H2,1H3. The van der Waals surface area contributed by atoms with E-state index in [1.165, 1.54) is 7.11 Å². The molecule has 1 aliphatic rings. The van der Waals surface area contributed by atoms with Crippen LogP contribution < -0.4 is 0 Å². The maximum absolute atomic E-state index is 12.6. The minimum Gasteiger partial charge on any atom is -0.379 e. The lowest BCUT2D eigenvalue weighted by Gasteiger charge is -2.30. The highest BCUT2D eigenvalue weighted by Crippen LogP contribution is 2.22. The molecule has 0 bridgehead atoms. The van der Waals surface area contributed by atoms with Crippen molar-refractivity contribution in [1.82, 2.24) is 4.90 Å². The van der Waals surface area contributed by atoms with Crippen LogP contribution in [0, 0.1) is 0 Å². The molecule has 0 aliphatic carbocycles. The van der Waals surface area contributed by atoms with E-state index in [0.29, 0.717) is 19.8 Å². The Hall–Kier alpha value is -0.440. The first kappa shape index (κ1) is 16.6. The third-order valence-corrected chi connectivity index (χ3v) is 2.82. The summed E-state index contributed by atoms with van der Waals surface area (Å²) in [6, 6.07) is 0. The van der Waals surface area contributed by atoms with Crippen LogP contribution in [-0.4, -0.2) is 76.5 Å². The van der Waals surface area contributed by atoms with Gasteiger partial charge in [-0.1, -0.05) is 0 Å². The normalized spacial score (nSPS) is 19.9. The molecule has 1 aliphatic heterocycles. The van der Waals surface area contributed by atoms with Crippen molar-refractivity contribution in [2.75, 3.05) is 53.2 Å². The first-order valence-corrected chi connectivity index (χ1v) is 6.02. The van der Waals surface area contributed by atoms with Crippen LogP contribution in [0.25, 0.3) is 0 Å². The van der Waals surface area contributed by atoms with Gasteiger partial charge in [-0.15, -0.1) is 0 Å². The van der Waals surface area contributed by atoms with Gasteiger partial charge >= 0.3 is 12.3 Å². The van der Waals surface area contributed by atoms with Gasteiger partial charge in [0.1, 0.15) is 6.61 Å². The van der Waals surface area contributed by atoms with E-state index < -0.39 is 25.1 Å². The number of nitrogens with zero attached hydrogens (tertiary/aromatic N) is 1. The molecule has 0 radical (unpaired) electrons. The third-order valence-electron chi connectivity index (χ3n) is 2.82. The second kappa shape index (κ2) is 7.98. The van der Waals surface area contributed by atoms with E-state index in [-0.39, 0.29) is 6.61 Å². The van der Waals surface area contributed by atoms with Crippen molar-refractivity contribution in [2.24, 2.45) is 0 Å². The first-order valence-electron chi connectivity index (χ1n) is 6.02. The Morgan fingerprint density at radius 2 is 1.89 bits per heavy atom. The molecule has 0 amide bonds. The molecule has 19 heavy (non-hydrogen) atoms. The Morgan fingerprint density at radius 3 is 2.42 bits per heavy atom. The van der Waals surface area contributed by atoms with Crippen LogP contribution in [0.2, 0.25) is 0 Å². The van der Waals surface area contributed by atoms with Gasteiger partial charge in [0.05, 0.1) is 25.9 Å². The highest BCUT2D eigenvalue weighted by atomic mass is 19.3. The fraction of sp³-hybridized carbons (Fsp3) is 1.00. The molecule has 0 aromatic carbocycles. The van der Waals surface area contributed by atoms with E-state index in [0.717, 1.165) is 13.1 Å². The zero-order chi connectivity index (χ0) is 14.3. The monoisotopic (exact) mass is 289 g/mol. The maximum Gasteiger partial charge on any atom is 0.330 e. The van der Waals surface area contributed by atoms with E-state index >= 15 is 0 Å².